The first-order valence-corrected chi connectivity index (χ1v) is 9.12. The molecule has 28 heavy (non-hydrogen) atoms. The Labute approximate surface area is 161 Å². The second kappa shape index (κ2) is 7.83. The lowest BCUT2D eigenvalue weighted by Gasteiger charge is -2.35. The lowest BCUT2D eigenvalue weighted by atomic mass is 10.1. The third-order valence-corrected chi connectivity index (χ3v) is 5.28. The zero-order chi connectivity index (χ0) is 20.4. The van der Waals surface area contributed by atoms with Crippen LogP contribution >= 0.6 is 0 Å². The standard InChI is InChI=1S/C18H22N4O6/c1-12(23)19-7-9-20(10-8-19)14-5-4-13(11-16(14)22(27)28)17(24)21-6-2-3-15(21)18(25)26/h4-5,11,15H,2-3,6-10H2,1H3,(H,25,26)/t15-/m1/s1. The molecule has 10 heteroatoms. The van der Waals surface area contributed by atoms with Gasteiger partial charge in [-0.1, -0.05) is 0 Å². The summed E-state index contributed by atoms with van der Waals surface area (Å²) in [6.45, 7) is 3.67. The van der Waals surface area contributed by atoms with Crippen molar-refractivity contribution in [3.05, 3.63) is 33.9 Å². The van der Waals surface area contributed by atoms with Gasteiger partial charge in [-0.05, 0) is 25.0 Å². The summed E-state index contributed by atoms with van der Waals surface area (Å²) >= 11 is 0. The van der Waals surface area contributed by atoms with Gasteiger partial charge in [-0.25, -0.2) is 4.79 Å². The summed E-state index contributed by atoms with van der Waals surface area (Å²) in [4.78, 5) is 51.3. The molecular weight excluding hydrogens is 368 g/mol. The lowest BCUT2D eigenvalue weighted by molar-refractivity contribution is -0.384. The minimum absolute atomic E-state index is 0.0336. The molecule has 0 radical (unpaired) electrons. The number of likely N-dealkylation sites (tertiary alicyclic amines) is 1. The maximum Gasteiger partial charge on any atom is 0.326 e. The van der Waals surface area contributed by atoms with Gasteiger partial charge in [0, 0.05) is 51.3 Å². The number of rotatable bonds is 4. The normalized spacial score (nSPS) is 19.6. The van der Waals surface area contributed by atoms with Gasteiger partial charge in [0.1, 0.15) is 11.7 Å². The average Bonchev–Trinajstić information content (AvgIpc) is 3.17. The van der Waals surface area contributed by atoms with Crippen LogP contribution in [0.25, 0.3) is 0 Å². The van der Waals surface area contributed by atoms with E-state index in [1.165, 1.54) is 30.0 Å². The summed E-state index contributed by atoms with van der Waals surface area (Å²) in [6, 6.07) is 3.34. The molecule has 0 aliphatic carbocycles. The minimum atomic E-state index is -1.07. The molecule has 3 rings (SSSR count). The van der Waals surface area contributed by atoms with E-state index in [1.54, 1.807) is 4.90 Å². The Morgan fingerprint density at radius 3 is 2.39 bits per heavy atom. The van der Waals surface area contributed by atoms with Crippen LogP contribution in [-0.4, -0.2) is 76.4 Å². The molecule has 0 unspecified atom stereocenters. The molecule has 1 N–H and O–H groups in total. The maximum atomic E-state index is 12.7. The predicted molar refractivity (Wildman–Crippen MR) is 99.3 cm³/mol. The van der Waals surface area contributed by atoms with E-state index in [0.29, 0.717) is 51.3 Å². The fraction of sp³-hybridized carbons (Fsp3) is 0.500. The van der Waals surface area contributed by atoms with Gasteiger partial charge in [0.2, 0.25) is 5.91 Å². The number of carboxylic acid groups (broad SMARTS) is 1. The largest absolute Gasteiger partial charge is 0.480 e. The third-order valence-electron chi connectivity index (χ3n) is 5.28. The molecule has 2 aliphatic rings. The number of nitrogens with zero attached hydrogens (tertiary/aromatic N) is 4. The average molecular weight is 390 g/mol. The summed E-state index contributed by atoms with van der Waals surface area (Å²) in [5.41, 5.74) is 0.292. The second-order valence-corrected chi connectivity index (χ2v) is 6.95. The zero-order valence-electron chi connectivity index (χ0n) is 15.5. The Hall–Kier alpha value is -3.17. The summed E-state index contributed by atoms with van der Waals surface area (Å²) in [7, 11) is 0. The third kappa shape index (κ3) is 3.75. The van der Waals surface area contributed by atoms with Crippen molar-refractivity contribution in [1.29, 1.82) is 0 Å². The Kier molecular flexibility index (Phi) is 5.48. The molecule has 2 heterocycles. The molecular formula is C18H22N4O6. The number of carboxylic acids is 1. The molecule has 1 aromatic carbocycles. The monoisotopic (exact) mass is 390 g/mol. The number of aliphatic carboxylic acids is 1. The van der Waals surface area contributed by atoms with Crippen molar-refractivity contribution < 1.29 is 24.4 Å². The van der Waals surface area contributed by atoms with Crippen molar-refractivity contribution >= 4 is 29.2 Å². The summed E-state index contributed by atoms with van der Waals surface area (Å²) < 4.78 is 0. The van der Waals surface area contributed by atoms with Gasteiger partial charge in [0.25, 0.3) is 11.6 Å². The number of nitro groups is 1. The Morgan fingerprint density at radius 1 is 1.14 bits per heavy atom. The van der Waals surface area contributed by atoms with E-state index in [4.69, 9.17) is 0 Å². The first-order valence-electron chi connectivity index (χ1n) is 9.12. The highest BCUT2D eigenvalue weighted by molar-refractivity contribution is 5.98. The number of anilines is 1. The van der Waals surface area contributed by atoms with E-state index >= 15 is 0 Å². The van der Waals surface area contributed by atoms with Crippen LogP contribution < -0.4 is 4.90 Å². The van der Waals surface area contributed by atoms with Gasteiger partial charge in [-0.3, -0.25) is 19.7 Å². The molecule has 0 spiro atoms. The van der Waals surface area contributed by atoms with Crippen molar-refractivity contribution in [3.63, 3.8) is 0 Å². The molecule has 2 saturated heterocycles. The van der Waals surface area contributed by atoms with Gasteiger partial charge < -0.3 is 19.8 Å². The number of piperazine rings is 1. The number of hydrogen-bond acceptors (Lipinski definition) is 6. The summed E-state index contributed by atoms with van der Waals surface area (Å²) in [5, 5.41) is 20.9. The second-order valence-electron chi connectivity index (χ2n) is 6.95. The van der Waals surface area contributed by atoms with E-state index in [0.717, 1.165) is 0 Å². The van der Waals surface area contributed by atoms with Gasteiger partial charge in [0.05, 0.1) is 4.92 Å². The quantitative estimate of drug-likeness (QED) is 0.599. The van der Waals surface area contributed by atoms with Crippen LogP contribution in [-0.2, 0) is 9.59 Å². The van der Waals surface area contributed by atoms with Crippen molar-refractivity contribution in [3.8, 4) is 0 Å². The van der Waals surface area contributed by atoms with Crippen LogP contribution in [0.15, 0.2) is 18.2 Å². The number of amides is 2. The highest BCUT2D eigenvalue weighted by Gasteiger charge is 2.35. The number of carbonyl (C=O) groups is 3. The van der Waals surface area contributed by atoms with Crippen LogP contribution in [0, 0.1) is 10.1 Å². The van der Waals surface area contributed by atoms with Gasteiger partial charge in [-0.2, -0.15) is 0 Å². The maximum absolute atomic E-state index is 12.7. The zero-order valence-corrected chi connectivity index (χ0v) is 15.5. The molecule has 1 aromatic rings. The van der Waals surface area contributed by atoms with Crippen LogP contribution in [0.3, 0.4) is 0 Å². The van der Waals surface area contributed by atoms with E-state index in [1.807, 2.05) is 4.90 Å². The van der Waals surface area contributed by atoms with Crippen molar-refractivity contribution in [2.45, 2.75) is 25.8 Å². The highest BCUT2D eigenvalue weighted by atomic mass is 16.6. The van der Waals surface area contributed by atoms with Crippen LogP contribution in [0.4, 0.5) is 11.4 Å². The number of carbonyl (C=O) groups excluding carboxylic acids is 2. The SMILES string of the molecule is CC(=O)N1CCN(c2ccc(C(=O)N3CCC[C@@H]3C(=O)O)cc2[N+](=O)[O-])CC1. The Morgan fingerprint density at radius 2 is 1.82 bits per heavy atom. The smallest absolute Gasteiger partial charge is 0.326 e. The summed E-state index contributed by atoms with van der Waals surface area (Å²) in [5.74, 6) is -1.62. The van der Waals surface area contributed by atoms with Gasteiger partial charge >= 0.3 is 5.97 Å². The van der Waals surface area contributed by atoms with Gasteiger partial charge in [0.15, 0.2) is 0 Å². The highest BCUT2D eigenvalue weighted by Crippen LogP contribution is 2.31. The fourth-order valence-electron chi connectivity index (χ4n) is 3.76. The molecule has 2 amide bonds. The van der Waals surface area contributed by atoms with Crippen molar-refractivity contribution in [2.75, 3.05) is 37.6 Å². The topological polar surface area (TPSA) is 124 Å². The first-order chi connectivity index (χ1) is 13.3. The molecule has 1 atom stereocenters. The predicted octanol–water partition coefficient (Wildman–Crippen LogP) is 0.952. The Balaban J connectivity index is 1.84. The fourth-order valence-corrected chi connectivity index (χ4v) is 3.76. The van der Waals surface area contributed by atoms with Crippen LogP contribution in [0.5, 0.6) is 0 Å². The lowest BCUT2D eigenvalue weighted by Crippen LogP contribution is -2.48. The minimum Gasteiger partial charge on any atom is -0.480 e. The number of hydrogen-bond donors (Lipinski definition) is 1. The number of benzene rings is 1. The van der Waals surface area contributed by atoms with E-state index < -0.39 is 22.8 Å². The molecule has 0 aromatic heterocycles. The van der Waals surface area contributed by atoms with Gasteiger partial charge in [-0.15, -0.1) is 0 Å². The molecule has 10 nitrogen and oxygen atoms in total. The van der Waals surface area contributed by atoms with E-state index in [9.17, 15) is 29.6 Å². The number of nitro benzene ring substituents is 1. The van der Waals surface area contributed by atoms with Crippen molar-refractivity contribution in [1.82, 2.24) is 9.80 Å². The molecule has 2 fully saturated rings. The van der Waals surface area contributed by atoms with Crippen LogP contribution in [0.1, 0.15) is 30.1 Å². The van der Waals surface area contributed by atoms with E-state index in [-0.39, 0.29) is 17.2 Å². The van der Waals surface area contributed by atoms with E-state index in [2.05, 4.69) is 0 Å². The van der Waals surface area contributed by atoms with Crippen LogP contribution in [0.2, 0.25) is 0 Å². The molecule has 0 bridgehead atoms. The first kappa shape index (κ1) is 19.6. The van der Waals surface area contributed by atoms with Crippen molar-refractivity contribution in [2.24, 2.45) is 0 Å². The molecule has 150 valence electrons. The molecule has 2 aliphatic heterocycles. The Bertz CT molecular complexity index is 818. The summed E-state index contributed by atoms with van der Waals surface area (Å²) in [6.07, 6.45) is 0.963. The molecule has 0 saturated carbocycles.